The summed E-state index contributed by atoms with van der Waals surface area (Å²) in [5.41, 5.74) is 2.80. The Bertz CT molecular complexity index is 1140. The summed E-state index contributed by atoms with van der Waals surface area (Å²) in [5, 5.41) is 3.20. The van der Waals surface area contributed by atoms with Crippen molar-refractivity contribution in [2.45, 2.75) is 51.2 Å². The molecule has 0 spiro atoms. The molecule has 1 saturated carbocycles. The van der Waals surface area contributed by atoms with Crippen LogP contribution in [0.25, 0.3) is 11.0 Å². The van der Waals surface area contributed by atoms with Gasteiger partial charge in [0.1, 0.15) is 5.82 Å². The van der Waals surface area contributed by atoms with Gasteiger partial charge in [-0.1, -0.05) is 55.3 Å². The van der Waals surface area contributed by atoms with E-state index < -0.39 is 0 Å². The van der Waals surface area contributed by atoms with E-state index in [0.717, 1.165) is 68.0 Å². The number of nitrogens with zero attached hydrogens (tertiary/aromatic N) is 4. The highest BCUT2D eigenvalue weighted by Crippen LogP contribution is 2.20. The first kappa shape index (κ1) is 23.7. The second kappa shape index (κ2) is 11.1. The van der Waals surface area contributed by atoms with Crippen LogP contribution in [-0.4, -0.2) is 69.8 Å². The molecule has 184 valence electrons. The van der Waals surface area contributed by atoms with Crippen LogP contribution in [0.1, 0.15) is 48.3 Å². The number of amides is 1. The molecule has 0 bridgehead atoms. The summed E-state index contributed by atoms with van der Waals surface area (Å²) in [4.78, 5) is 34.7. The summed E-state index contributed by atoms with van der Waals surface area (Å²) in [6.45, 7) is 5.42. The number of ketones is 1. The molecular weight excluding hydrogens is 438 g/mol. The molecule has 2 heterocycles. The maximum Gasteiger partial charge on any atom is 0.234 e. The number of hydrogen-bond acceptors (Lipinski definition) is 5. The average Bonchev–Trinajstić information content (AvgIpc) is 3.51. The number of para-hydroxylation sites is 2. The summed E-state index contributed by atoms with van der Waals surface area (Å²) < 4.78 is 2.21. The quantitative estimate of drug-likeness (QED) is 0.482. The molecule has 1 N–H and O–H groups in total. The van der Waals surface area contributed by atoms with Crippen molar-refractivity contribution in [2.24, 2.45) is 0 Å². The highest BCUT2D eigenvalue weighted by atomic mass is 16.2. The number of aryl methyl sites for hydroxylation is 1. The summed E-state index contributed by atoms with van der Waals surface area (Å²) in [6, 6.07) is 18.0. The van der Waals surface area contributed by atoms with Crippen LogP contribution in [0.5, 0.6) is 0 Å². The first-order chi connectivity index (χ1) is 17.2. The van der Waals surface area contributed by atoms with Crippen molar-refractivity contribution >= 4 is 22.7 Å². The van der Waals surface area contributed by atoms with E-state index in [0.29, 0.717) is 25.6 Å². The predicted molar refractivity (Wildman–Crippen MR) is 137 cm³/mol. The Morgan fingerprint density at radius 2 is 1.57 bits per heavy atom. The zero-order valence-corrected chi connectivity index (χ0v) is 20.4. The van der Waals surface area contributed by atoms with Gasteiger partial charge in [0.05, 0.1) is 24.1 Å². The third-order valence-corrected chi connectivity index (χ3v) is 7.31. The number of aromatic nitrogens is 2. The van der Waals surface area contributed by atoms with Crippen molar-refractivity contribution < 1.29 is 9.59 Å². The SMILES string of the molecule is O=C(CN1CCN(Cc2nc3ccccc3n2CCC(=O)c2ccccc2)CC1)NC1CCCC1. The fourth-order valence-corrected chi connectivity index (χ4v) is 5.33. The van der Waals surface area contributed by atoms with Crippen LogP contribution in [0.15, 0.2) is 54.6 Å². The molecule has 1 aliphatic carbocycles. The van der Waals surface area contributed by atoms with E-state index in [-0.39, 0.29) is 11.7 Å². The number of carbonyl (C=O) groups excluding carboxylic acids is 2. The molecule has 1 aliphatic heterocycles. The number of piperazine rings is 1. The van der Waals surface area contributed by atoms with Crippen molar-refractivity contribution in [1.82, 2.24) is 24.7 Å². The smallest absolute Gasteiger partial charge is 0.234 e. The number of benzene rings is 2. The topological polar surface area (TPSA) is 70.5 Å². The van der Waals surface area contributed by atoms with Crippen LogP contribution in [0.3, 0.4) is 0 Å². The molecule has 1 saturated heterocycles. The molecule has 0 radical (unpaired) electrons. The summed E-state index contributed by atoms with van der Waals surface area (Å²) in [6.07, 6.45) is 5.15. The first-order valence-corrected chi connectivity index (χ1v) is 12.9. The van der Waals surface area contributed by atoms with Gasteiger partial charge < -0.3 is 9.88 Å². The van der Waals surface area contributed by atoms with Gasteiger partial charge >= 0.3 is 0 Å². The van der Waals surface area contributed by atoms with E-state index in [4.69, 9.17) is 4.98 Å². The Balaban J connectivity index is 1.18. The molecule has 0 atom stereocenters. The van der Waals surface area contributed by atoms with Crippen molar-refractivity contribution in [2.75, 3.05) is 32.7 Å². The van der Waals surface area contributed by atoms with Crippen LogP contribution >= 0.6 is 0 Å². The first-order valence-electron chi connectivity index (χ1n) is 12.9. The van der Waals surface area contributed by atoms with E-state index in [2.05, 4.69) is 25.8 Å². The highest BCUT2D eigenvalue weighted by Gasteiger charge is 2.23. The average molecular weight is 474 g/mol. The monoisotopic (exact) mass is 473 g/mol. The number of carbonyl (C=O) groups is 2. The molecule has 3 aromatic rings. The van der Waals surface area contributed by atoms with Crippen molar-refractivity contribution in [3.8, 4) is 0 Å². The maximum atomic E-state index is 12.7. The zero-order valence-electron chi connectivity index (χ0n) is 20.4. The van der Waals surface area contributed by atoms with Gasteiger partial charge in [0.2, 0.25) is 5.91 Å². The van der Waals surface area contributed by atoms with E-state index in [9.17, 15) is 9.59 Å². The Kier molecular flexibility index (Phi) is 7.54. The lowest BCUT2D eigenvalue weighted by Gasteiger charge is -2.34. The number of nitrogens with one attached hydrogen (secondary N) is 1. The number of Topliss-reactive ketones (excluding diaryl/α,β-unsaturated/α-hetero) is 1. The molecule has 5 rings (SSSR count). The third-order valence-electron chi connectivity index (χ3n) is 7.31. The molecule has 7 nitrogen and oxygen atoms in total. The van der Waals surface area contributed by atoms with Gasteiger partial charge in [-0.2, -0.15) is 0 Å². The molecular formula is C28H35N5O2. The Morgan fingerprint density at radius 1 is 0.886 bits per heavy atom. The van der Waals surface area contributed by atoms with Gasteiger partial charge in [-0.25, -0.2) is 4.98 Å². The van der Waals surface area contributed by atoms with E-state index >= 15 is 0 Å². The Hall–Kier alpha value is -3.03. The van der Waals surface area contributed by atoms with Gasteiger partial charge in [0, 0.05) is 50.7 Å². The van der Waals surface area contributed by atoms with Crippen molar-refractivity contribution in [1.29, 1.82) is 0 Å². The molecule has 7 heteroatoms. The van der Waals surface area contributed by atoms with Crippen LogP contribution in [-0.2, 0) is 17.9 Å². The second-order valence-corrected chi connectivity index (χ2v) is 9.81. The normalized spacial score (nSPS) is 17.7. The van der Waals surface area contributed by atoms with Gasteiger partial charge in [-0.05, 0) is 25.0 Å². The fourth-order valence-electron chi connectivity index (χ4n) is 5.33. The number of rotatable bonds is 9. The lowest BCUT2D eigenvalue weighted by molar-refractivity contribution is -0.123. The van der Waals surface area contributed by atoms with Crippen molar-refractivity contribution in [3.63, 3.8) is 0 Å². The predicted octanol–water partition coefficient (Wildman–Crippen LogP) is 3.49. The summed E-state index contributed by atoms with van der Waals surface area (Å²) in [5.74, 6) is 1.31. The summed E-state index contributed by atoms with van der Waals surface area (Å²) >= 11 is 0. The van der Waals surface area contributed by atoms with E-state index in [1.165, 1.54) is 12.8 Å². The minimum atomic E-state index is 0.152. The van der Waals surface area contributed by atoms with Gasteiger partial charge in [0.15, 0.2) is 5.78 Å². The molecule has 2 aromatic carbocycles. The fraction of sp³-hybridized carbons (Fsp3) is 0.464. The molecule has 1 amide bonds. The molecule has 35 heavy (non-hydrogen) atoms. The molecule has 0 unspecified atom stereocenters. The minimum Gasteiger partial charge on any atom is -0.352 e. The van der Waals surface area contributed by atoms with Crippen LogP contribution in [0.2, 0.25) is 0 Å². The van der Waals surface area contributed by atoms with E-state index in [1.54, 1.807) is 0 Å². The highest BCUT2D eigenvalue weighted by molar-refractivity contribution is 5.96. The molecule has 2 aliphatic rings. The zero-order chi connectivity index (χ0) is 24.0. The largest absolute Gasteiger partial charge is 0.352 e. The van der Waals surface area contributed by atoms with Crippen LogP contribution in [0.4, 0.5) is 0 Å². The van der Waals surface area contributed by atoms with Gasteiger partial charge in [-0.15, -0.1) is 0 Å². The van der Waals surface area contributed by atoms with Gasteiger partial charge in [0.25, 0.3) is 0 Å². The Labute approximate surface area is 207 Å². The standard InChI is InChI=1S/C28H35N5O2/c34-26(22-8-2-1-3-9-22)14-15-33-25-13-7-6-12-24(25)30-27(33)20-31-16-18-32(19-17-31)21-28(35)29-23-10-4-5-11-23/h1-3,6-9,12-13,23H,4-5,10-11,14-21H2,(H,29,35). The Morgan fingerprint density at radius 3 is 2.34 bits per heavy atom. The molecule has 1 aromatic heterocycles. The van der Waals surface area contributed by atoms with Crippen LogP contribution < -0.4 is 5.32 Å². The minimum absolute atomic E-state index is 0.152. The number of hydrogen-bond donors (Lipinski definition) is 1. The maximum absolute atomic E-state index is 12.7. The van der Waals surface area contributed by atoms with E-state index in [1.807, 2.05) is 48.5 Å². The summed E-state index contributed by atoms with van der Waals surface area (Å²) in [7, 11) is 0. The third kappa shape index (κ3) is 5.97. The lowest BCUT2D eigenvalue weighted by Crippen LogP contribution is -2.50. The van der Waals surface area contributed by atoms with Crippen LogP contribution in [0, 0.1) is 0 Å². The lowest BCUT2D eigenvalue weighted by atomic mass is 10.1. The van der Waals surface area contributed by atoms with Crippen molar-refractivity contribution in [3.05, 3.63) is 66.0 Å². The number of imidazole rings is 1. The van der Waals surface area contributed by atoms with Gasteiger partial charge in [-0.3, -0.25) is 19.4 Å². The second-order valence-electron chi connectivity index (χ2n) is 9.81. The number of fused-ring (bicyclic) bond motifs is 1. The molecule has 2 fully saturated rings.